The minimum Gasteiger partial charge on any atom is -0.496 e. The van der Waals surface area contributed by atoms with Crippen molar-refractivity contribution >= 4 is 25.5 Å². The largest absolute Gasteiger partial charge is 0.496 e. The summed E-state index contributed by atoms with van der Waals surface area (Å²) in [5, 5.41) is 9.17. The van der Waals surface area contributed by atoms with Crippen molar-refractivity contribution in [2.75, 3.05) is 34.6 Å². The number of carbonyl (C=O) groups is 3. The zero-order valence-electron chi connectivity index (χ0n) is 17.6. The Labute approximate surface area is 183 Å². The number of carbonyl (C=O) groups excluding carboxylic acids is 2. The summed E-state index contributed by atoms with van der Waals surface area (Å²) in [7, 11) is 0.236. The highest BCUT2D eigenvalue weighted by atomic mass is 31.2. The second kappa shape index (κ2) is 10.5. The molecule has 0 amide bonds. The van der Waals surface area contributed by atoms with Gasteiger partial charge in [-0.2, -0.15) is 0 Å². The molecular weight excluding hydrogens is 447 g/mol. The molecule has 2 rings (SSSR count). The number of aliphatic carboxylic acids is 1. The molecule has 0 aliphatic heterocycles. The quantitative estimate of drug-likeness (QED) is 0.514. The van der Waals surface area contributed by atoms with Gasteiger partial charge in [-0.05, 0) is 24.3 Å². The Morgan fingerprint density at radius 2 is 1.03 bits per heavy atom. The summed E-state index contributed by atoms with van der Waals surface area (Å²) in [5.41, 5.74) is -0.539. The lowest BCUT2D eigenvalue weighted by Crippen LogP contribution is -2.17. The lowest BCUT2D eigenvalue weighted by molar-refractivity contribution is -0.134. The van der Waals surface area contributed by atoms with E-state index in [1.165, 1.54) is 64.8 Å². The monoisotopic (exact) mass is 468 g/mol. The average Bonchev–Trinajstić information content (AvgIpc) is 2.76. The van der Waals surface area contributed by atoms with Crippen LogP contribution in [0.15, 0.2) is 36.4 Å². The zero-order chi connectivity index (χ0) is 23.9. The van der Waals surface area contributed by atoms with Gasteiger partial charge in [-0.1, -0.05) is 12.1 Å². The van der Waals surface area contributed by atoms with E-state index >= 15 is 0 Å². The van der Waals surface area contributed by atoms with E-state index in [4.69, 9.17) is 33.1 Å². The molecule has 0 atom stereocenters. The lowest BCUT2D eigenvalue weighted by Gasteiger charge is -2.19. The fraction of sp³-hybridized carbons (Fsp3) is 0.250. The molecule has 32 heavy (non-hydrogen) atoms. The van der Waals surface area contributed by atoms with Crippen LogP contribution in [0.3, 0.4) is 0 Å². The lowest BCUT2D eigenvalue weighted by atomic mass is 10.2. The molecule has 0 radical (unpaired) electrons. The van der Waals surface area contributed by atoms with E-state index in [2.05, 4.69) is 0 Å². The van der Waals surface area contributed by atoms with Crippen molar-refractivity contribution < 1.29 is 52.1 Å². The summed E-state index contributed by atoms with van der Waals surface area (Å²) in [4.78, 5) is 36.8. The number of ether oxygens (including phenoxy) is 4. The number of benzene rings is 2. The molecule has 11 nitrogen and oxygen atoms in total. The zero-order valence-corrected chi connectivity index (χ0v) is 18.5. The van der Waals surface area contributed by atoms with Gasteiger partial charge in [0, 0.05) is 0 Å². The Balaban J connectivity index is 2.45. The van der Waals surface area contributed by atoms with Crippen molar-refractivity contribution in [1.29, 1.82) is 0 Å². The molecule has 0 saturated carbocycles. The first-order chi connectivity index (χ1) is 15.2. The molecule has 0 aromatic heterocycles. The van der Waals surface area contributed by atoms with Crippen LogP contribution in [0.5, 0.6) is 23.0 Å². The third-order valence-electron chi connectivity index (χ3n) is 4.04. The predicted octanol–water partition coefficient (Wildman–Crippen LogP) is 3.01. The second-order valence-corrected chi connectivity index (χ2v) is 7.90. The number of hydrogen-bond acceptors (Lipinski definition) is 10. The maximum absolute atomic E-state index is 13.2. The van der Waals surface area contributed by atoms with Crippen LogP contribution >= 0.6 is 7.60 Å². The summed E-state index contributed by atoms with van der Waals surface area (Å²) in [6.45, 7) is 0. The van der Waals surface area contributed by atoms with Crippen LogP contribution in [0.4, 0.5) is 0 Å². The number of carboxylic acid groups (broad SMARTS) is 1. The van der Waals surface area contributed by atoms with Gasteiger partial charge in [0.15, 0.2) is 6.16 Å². The Morgan fingerprint density at radius 3 is 1.28 bits per heavy atom. The summed E-state index contributed by atoms with van der Waals surface area (Å²) in [6.07, 6.45) is -1.28. The van der Waals surface area contributed by atoms with E-state index in [9.17, 15) is 18.9 Å². The van der Waals surface area contributed by atoms with Gasteiger partial charge in [-0.3, -0.25) is 4.79 Å². The average molecular weight is 468 g/mol. The predicted molar refractivity (Wildman–Crippen MR) is 110 cm³/mol. The van der Waals surface area contributed by atoms with Crippen molar-refractivity contribution in [2.45, 2.75) is 0 Å². The highest BCUT2D eigenvalue weighted by molar-refractivity contribution is 7.56. The Bertz CT molecular complexity index is 946. The summed E-state index contributed by atoms with van der Waals surface area (Å²) in [5.74, 6) is -4.15. The van der Waals surface area contributed by atoms with Crippen molar-refractivity contribution in [3.8, 4) is 23.0 Å². The first kappa shape index (κ1) is 24.5. The molecule has 2 aromatic rings. The number of hydrogen-bond donors (Lipinski definition) is 1. The van der Waals surface area contributed by atoms with Gasteiger partial charge in [0.2, 0.25) is 0 Å². The topological polar surface area (TPSA) is 144 Å². The molecule has 0 fully saturated rings. The molecule has 0 saturated heterocycles. The van der Waals surface area contributed by atoms with E-state index in [1.807, 2.05) is 0 Å². The summed E-state index contributed by atoms with van der Waals surface area (Å²) < 4.78 is 43.3. The number of rotatable bonds is 10. The molecule has 0 bridgehead atoms. The van der Waals surface area contributed by atoms with Crippen LogP contribution in [0.25, 0.3) is 0 Å². The normalized spacial score (nSPS) is 10.6. The van der Waals surface area contributed by atoms with Crippen molar-refractivity contribution in [2.24, 2.45) is 0 Å². The summed E-state index contributed by atoms with van der Waals surface area (Å²) in [6, 6.07) is 8.69. The fourth-order valence-electron chi connectivity index (χ4n) is 2.70. The smallest absolute Gasteiger partial charge is 0.446 e. The van der Waals surface area contributed by atoms with Crippen molar-refractivity contribution in [3.63, 3.8) is 0 Å². The van der Waals surface area contributed by atoms with Crippen molar-refractivity contribution in [3.05, 3.63) is 47.5 Å². The van der Waals surface area contributed by atoms with Gasteiger partial charge in [0.1, 0.15) is 34.1 Å². The van der Waals surface area contributed by atoms with E-state index in [0.29, 0.717) is 0 Å². The van der Waals surface area contributed by atoms with Crippen molar-refractivity contribution in [1.82, 2.24) is 0 Å². The maximum Gasteiger partial charge on any atom is 0.446 e. The van der Waals surface area contributed by atoms with E-state index in [-0.39, 0.29) is 34.1 Å². The molecular formula is C20H21O11P. The molecule has 12 heteroatoms. The van der Waals surface area contributed by atoms with Crippen LogP contribution in [0, 0.1) is 0 Å². The molecule has 172 valence electrons. The highest BCUT2D eigenvalue weighted by Crippen LogP contribution is 2.51. The fourth-order valence-corrected chi connectivity index (χ4v) is 3.88. The van der Waals surface area contributed by atoms with E-state index in [1.54, 1.807) is 0 Å². The maximum atomic E-state index is 13.2. The third-order valence-corrected chi connectivity index (χ3v) is 5.58. The van der Waals surface area contributed by atoms with Gasteiger partial charge in [0.05, 0.1) is 28.4 Å². The Morgan fingerprint density at radius 1 is 0.719 bits per heavy atom. The van der Waals surface area contributed by atoms with Crippen LogP contribution in [0.2, 0.25) is 0 Å². The summed E-state index contributed by atoms with van der Waals surface area (Å²) >= 11 is 0. The molecule has 1 N–H and O–H groups in total. The van der Waals surface area contributed by atoms with Crippen LogP contribution < -0.4 is 18.9 Å². The van der Waals surface area contributed by atoms with Crippen LogP contribution in [-0.2, 0) is 18.4 Å². The van der Waals surface area contributed by atoms with Crippen LogP contribution in [-0.4, -0.2) is 57.6 Å². The second-order valence-electron chi connectivity index (χ2n) is 6.00. The van der Waals surface area contributed by atoms with E-state index in [0.717, 1.165) is 0 Å². The minimum atomic E-state index is -4.86. The number of methoxy groups -OCH3 is 4. The molecule has 0 aliphatic carbocycles. The Kier molecular flexibility index (Phi) is 8.09. The van der Waals surface area contributed by atoms with Gasteiger partial charge < -0.3 is 33.1 Å². The highest BCUT2D eigenvalue weighted by Gasteiger charge is 2.39. The van der Waals surface area contributed by atoms with Gasteiger partial charge in [-0.15, -0.1) is 0 Å². The third kappa shape index (κ3) is 5.50. The van der Waals surface area contributed by atoms with Gasteiger partial charge in [0.25, 0.3) is 0 Å². The molecule has 0 aliphatic rings. The molecule has 2 aromatic carbocycles. The first-order valence-electron chi connectivity index (χ1n) is 8.90. The van der Waals surface area contributed by atoms with E-state index < -0.39 is 31.7 Å². The SMILES string of the molecule is COc1cccc(OC)c1C(=O)OP(=O)(CC(=O)O)OC(=O)c1c(OC)cccc1OC. The molecule has 0 heterocycles. The number of carboxylic acids is 1. The first-order valence-corrected chi connectivity index (χ1v) is 10.6. The Hall–Kier alpha value is -3.72. The molecule has 0 unspecified atom stereocenters. The van der Waals surface area contributed by atoms with Crippen LogP contribution in [0.1, 0.15) is 20.7 Å². The minimum absolute atomic E-state index is 0.00829. The van der Waals surface area contributed by atoms with Gasteiger partial charge in [-0.25, -0.2) is 14.2 Å². The van der Waals surface area contributed by atoms with Gasteiger partial charge >= 0.3 is 25.5 Å². The standard InChI is InChI=1S/C20H21O11P/c1-26-12-7-5-8-13(27-2)17(12)19(23)30-32(25,11-16(21)22)31-20(24)18-14(28-3)9-6-10-15(18)29-4/h5-10H,11H2,1-4H3,(H,21,22). The molecule has 0 spiro atoms.